The Kier molecular flexibility index (Phi) is 10.6. The van der Waals surface area contributed by atoms with Crippen LogP contribution in [0.15, 0.2) is 279 Å². The summed E-state index contributed by atoms with van der Waals surface area (Å²) in [6.45, 7) is 0. The fourth-order valence-electron chi connectivity index (χ4n) is 9.93. The normalized spacial score (nSPS) is 11.2. The van der Waals surface area contributed by atoms with Crippen molar-refractivity contribution in [3.63, 3.8) is 0 Å². The van der Waals surface area contributed by atoms with Crippen LogP contribution >= 0.6 is 0 Å². The maximum atomic E-state index is 2.48. The summed E-state index contributed by atoms with van der Waals surface area (Å²) < 4.78 is 0. The van der Waals surface area contributed by atoms with E-state index < -0.39 is 0 Å². The molecular formula is C66H46N2. The summed E-state index contributed by atoms with van der Waals surface area (Å²) in [6.07, 6.45) is 0. The second kappa shape index (κ2) is 17.8. The van der Waals surface area contributed by atoms with Crippen LogP contribution in [0.2, 0.25) is 0 Å². The van der Waals surface area contributed by atoms with Crippen LogP contribution in [-0.4, -0.2) is 0 Å². The third kappa shape index (κ3) is 7.64. The second-order valence-corrected chi connectivity index (χ2v) is 17.3. The highest BCUT2D eigenvalue weighted by molar-refractivity contribution is 6.08. The summed E-state index contributed by atoms with van der Waals surface area (Å²) in [5.74, 6) is 0. The molecule has 0 aliphatic carbocycles. The summed E-state index contributed by atoms with van der Waals surface area (Å²) >= 11 is 0. The standard InChI is InChI=1S/C66H46N2/c1-5-21-47(22-6-1)53-33-17-35-57(41-53)67(63-39-19-31-49-29-13-15-37-59(49)63)65-45-56-46-66(62(52-27-11-4-12-28-52)44-55(56)43-61(65)51-25-9-3-10-26-51)68(64-40-20-32-50-30-14-16-38-60(50)64)58-36-18-34-54(42-58)48-23-7-2-8-24-48/h1-46H. The summed E-state index contributed by atoms with van der Waals surface area (Å²) in [5, 5.41) is 7.02. The molecule has 12 rings (SSSR count). The van der Waals surface area contributed by atoms with E-state index in [0.29, 0.717) is 0 Å². The maximum Gasteiger partial charge on any atom is 0.0546 e. The van der Waals surface area contributed by atoms with Crippen molar-refractivity contribution in [3.05, 3.63) is 279 Å². The van der Waals surface area contributed by atoms with Gasteiger partial charge in [0.25, 0.3) is 0 Å². The Bertz CT molecular complexity index is 3480. The molecule has 0 N–H and O–H groups in total. The molecule has 0 heterocycles. The summed E-state index contributed by atoms with van der Waals surface area (Å²) in [7, 11) is 0. The molecule has 0 fully saturated rings. The van der Waals surface area contributed by atoms with Crippen molar-refractivity contribution in [1.29, 1.82) is 0 Å². The van der Waals surface area contributed by atoms with Crippen molar-refractivity contribution in [2.24, 2.45) is 0 Å². The average Bonchev–Trinajstić information content (AvgIpc) is 3.42. The predicted octanol–water partition coefficient (Wildman–Crippen LogP) is 18.8. The molecule has 0 radical (unpaired) electrons. The van der Waals surface area contributed by atoms with Gasteiger partial charge in [0.1, 0.15) is 0 Å². The molecule has 0 aliphatic rings. The first-order valence-electron chi connectivity index (χ1n) is 23.3. The molecule has 68 heavy (non-hydrogen) atoms. The molecule has 0 unspecified atom stereocenters. The molecule has 0 aromatic heterocycles. The topological polar surface area (TPSA) is 6.48 Å². The van der Waals surface area contributed by atoms with Gasteiger partial charge >= 0.3 is 0 Å². The Morgan fingerprint density at radius 2 is 0.515 bits per heavy atom. The van der Waals surface area contributed by atoms with Crippen molar-refractivity contribution in [2.75, 3.05) is 9.80 Å². The van der Waals surface area contributed by atoms with Crippen molar-refractivity contribution in [1.82, 2.24) is 0 Å². The minimum absolute atomic E-state index is 1.08. The van der Waals surface area contributed by atoms with Gasteiger partial charge in [-0.2, -0.15) is 0 Å². The molecule has 0 saturated heterocycles. The summed E-state index contributed by atoms with van der Waals surface area (Å²) in [6, 6.07) is 102. The van der Waals surface area contributed by atoms with E-state index in [1.165, 1.54) is 32.7 Å². The van der Waals surface area contributed by atoms with E-state index >= 15 is 0 Å². The molecule has 0 saturated carbocycles. The zero-order valence-corrected chi connectivity index (χ0v) is 37.5. The fraction of sp³-hybridized carbons (Fsp3) is 0. The molecule has 12 aromatic rings. The Labute approximate surface area is 397 Å². The van der Waals surface area contributed by atoms with Crippen molar-refractivity contribution >= 4 is 66.4 Å². The van der Waals surface area contributed by atoms with E-state index in [9.17, 15) is 0 Å². The van der Waals surface area contributed by atoms with Crippen LogP contribution in [0, 0.1) is 0 Å². The van der Waals surface area contributed by atoms with Crippen LogP contribution < -0.4 is 9.80 Å². The smallest absolute Gasteiger partial charge is 0.0546 e. The van der Waals surface area contributed by atoms with Crippen molar-refractivity contribution in [3.8, 4) is 44.5 Å². The van der Waals surface area contributed by atoms with Crippen LogP contribution in [-0.2, 0) is 0 Å². The van der Waals surface area contributed by atoms with Crippen LogP contribution in [0.1, 0.15) is 0 Å². The highest BCUT2D eigenvalue weighted by Crippen LogP contribution is 2.50. The molecule has 0 atom stereocenters. The van der Waals surface area contributed by atoms with Gasteiger partial charge in [0.05, 0.1) is 22.7 Å². The maximum absolute atomic E-state index is 2.48. The third-order valence-electron chi connectivity index (χ3n) is 13.2. The quantitative estimate of drug-likeness (QED) is 0.135. The highest BCUT2D eigenvalue weighted by Gasteiger charge is 2.24. The lowest BCUT2D eigenvalue weighted by Crippen LogP contribution is -2.13. The molecule has 0 aliphatic heterocycles. The number of hydrogen-bond donors (Lipinski definition) is 0. The Morgan fingerprint density at radius 1 is 0.191 bits per heavy atom. The minimum atomic E-state index is 1.08. The lowest BCUT2D eigenvalue weighted by molar-refractivity contribution is 1.29. The van der Waals surface area contributed by atoms with Crippen LogP contribution in [0.4, 0.5) is 34.1 Å². The molecule has 12 aromatic carbocycles. The Balaban J connectivity index is 1.17. The zero-order chi connectivity index (χ0) is 45.2. The van der Waals surface area contributed by atoms with Gasteiger partial charge in [-0.3, -0.25) is 0 Å². The zero-order valence-electron chi connectivity index (χ0n) is 37.5. The number of fused-ring (bicyclic) bond motifs is 3. The largest absolute Gasteiger partial charge is 0.309 e. The average molecular weight is 867 g/mol. The van der Waals surface area contributed by atoms with Crippen molar-refractivity contribution in [2.45, 2.75) is 0 Å². The van der Waals surface area contributed by atoms with E-state index in [2.05, 4.69) is 289 Å². The first-order valence-corrected chi connectivity index (χ1v) is 23.3. The van der Waals surface area contributed by atoms with Gasteiger partial charge in [-0.05, 0) is 116 Å². The van der Waals surface area contributed by atoms with Gasteiger partial charge in [0, 0.05) is 33.3 Å². The van der Waals surface area contributed by atoms with Crippen molar-refractivity contribution < 1.29 is 0 Å². The van der Waals surface area contributed by atoms with Crippen LogP contribution in [0.5, 0.6) is 0 Å². The van der Waals surface area contributed by atoms with E-state index in [-0.39, 0.29) is 0 Å². The molecular weight excluding hydrogens is 821 g/mol. The number of rotatable bonds is 10. The first-order chi connectivity index (χ1) is 33.7. The fourth-order valence-corrected chi connectivity index (χ4v) is 9.93. The molecule has 0 amide bonds. The van der Waals surface area contributed by atoms with Gasteiger partial charge in [-0.1, -0.05) is 218 Å². The summed E-state index contributed by atoms with van der Waals surface area (Å²) in [4.78, 5) is 4.96. The van der Waals surface area contributed by atoms with Crippen LogP contribution in [0.3, 0.4) is 0 Å². The number of anilines is 6. The predicted molar refractivity (Wildman–Crippen MR) is 290 cm³/mol. The highest BCUT2D eigenvalue weighted by atomic mass is 15.2. The van der Waals surface area contributed by atoms with Crippen LogP contribution in [0.25, 0.3) is 76.8 Å². The Morgan fingerprint density at radius 3 is 0.941 bits per heavy atom. The second-order valence-electron chi connectivity index (χ2n) is 17.3. The third-order valence-corrected chi connectivity index (χ3v) is 13.2. The molecule has 0 bridgehead atoms. The molecule has 2 heteroatoms. The van der Waals surface area contributed by atoms with Gasteiger partial charge in [0.15, 0.2) is 0 Å². The van der Waals surface area contributed by atoms with E-state index in [1.807, 2.05) is 0 Å². The number of nitrogens with zero attached hydrogens (tertiary/aromatic N) is 2. The number of benzene rings is 12. The number of hydrogen-bond acceptors (Lipinski definition) is 2. The molecule has 320 valence electrons. The lowest BCUT2D eigenvalue weighted by Gasteiger charge is -2.31. The lowest BCUT2D eigenvalue weighted by atomic mass is 9.92. The first kappa shape index (κ1) is 40.5. The molecule has 0 spiro atoms. The van der Waals surface area contributed by atoms with Gasteiger partial charge in [-0.25, -0.2) is 0 Å². The van der Waals surface area contributed by atoms with Gasteiger partial charge in [-0.15, -0.1) is 0 Å². The van der Waals surface area contributed by atoms with E-state index in [4.69, 9.17) is 0 Å². The molecule has 2 nitrogen and oxygen atoms in total. The minimum Gasteiger partial charge on any atom is -0.309 e. The SMILES string of the molecule is c1ccc(-c2cccc(N(c3cc4cc(N(c5cccc(-c6ccccc6)c5)c5cccc6ccccc56)c(-c5ccccc5)cc4cc3-c3ccccc3)c3cccc4ccccc34)c2)cc1. The Hall–Kier alpha value is -8.98. The van der Waals surface area contributed by atoms with E-state index in [1.54, 1.807) is 0 Å². The van der Waals surface area contributed by atoms with Gasteiger partial charge < -0.3 is 9.80 Å². The van der Waals surface area contributed by atoms with Gasteiger partial charge in [0.2, 0.25) is 0 Å². The monoisotopic (exact) mass is 866 g/mol. The summed E-state index contributed by atoms with van der Waals surface area (Å²) in [5.41, 5.74) is 15.8. The van der Waals surface area contributed by atoms with E-state index in [0.717, 1.165) is 78.3 Å².